The SMILES string of the molecule is C=CCN(CP(C)(=O)OC(C)C)C(C)=O. The van der Waals surface area contributed by atoms with E-state index < -0.39 is 7.37 Å². The highest BCUT2D eigenvalue weighted by atomic mass is 31.2. The zero-order valence-corrected chi connectivity index (χ0v) is 10.8. The summed E-state index contributed by atoms with van der Waals surface area (Å²) in [4.78, 5) is 12.7. The van der Waals surface area contributed by atoms with Crippen molar-refractivity contribution in [3.8, 4) is 0 Å². The molecule has 0 radical (unpaired) electrons. The van der Waals surface area contributed by atoms with Crippen molar-refractivity contribution in [2.45, 2.75) is 26.9 Å². The van der Waals surface area contributed by atoms with Gasteiger partial charge in [-0.25, -0.2) is 0 Å². The Hall–Kier alpha value is -0.600. The van der Waals surface area contributed by atoms with Gasteiger partial charge in [-0.05, 0) is 13.8 Å². The quantitative estimate of drug-likeness (QED) is 0.522. The van der Waals surface area contributed by atoms with Crippen molar-refractivity contribution in [1.29, 1.82) is 0 Å². The number of amides is 1. The highest BCUT2D eigenvalue weighted by molar-refractivity contribution is 7.58. The summed E-state index contributed by atoms with van der Waals surface area (Å²) in [7, 11) is -2.73. The van der Waals surface area contributed by atoms with Crippen molar-refractivity contribution < 1.29 is 13.9 Å². The number of rotatable bonds is 6. The molecule has 0 heterocycles. The van der Waals surface area contributed by atoms with Crippen LogP contribution in [0.4, 0.5) is 0 Å². The Bertz CT molecular complexity index is 276. The molecule has 0 bridgehead atoms. The molecule has 4 nitrogen and oxygen atoms in total. The molecule has 88 valence electrons. The molecule has 0 rings (SSSR count). The van der Waals surface area contributed by atoms with Gasteiger partial charge in [0.1, 0.15) is 0 Å². The fourth-order valence-electron chi connectivity index (χ4n) is 1.23. The van der Waals surface area contributed by atoms with Crippen molar-refractivity contribution in [2.24, 2.45) is 0 Å². The average Bonchev–Trinajstić information content (AvgIpc) is 2.00. The van der Waals surface area contributed by atoms with E-state index in [4.69, 9.17) is 4.52 Å². The predicted molar refractivity (Wildman–Crippen MR) is 62.2 cm³/mol. The van der Waals surface area contributed by atoms with E-state index in [1.165, 1.54) is 11.8 Å². The Balaban J connectivity index is 4.44. The van der Waals surface area contributed by atoms with Crippen molar-refractivity contribution >= 4 is 13.3 Å². The van der Waals surface area contributed by atoms with Gasteiger partial charge < -0.3 is 9.42 Å². The van der Waals surface area contributed by atoms with E-state index in [1.807, 2.05) is 13.8 Å². The second-order valence-electron chi connectivity index (χ2n) is 3.84. The molecule has 15 heavy (non-hydrogen) atoms. The molecule has 0 saturated carbocycles. The molecule has 0 aromatic rings. The van der Waals surface area contributed by atoms with Crippen LogP contribution >= 0.6 is 7.37 Å². The van der Waals surface area contributed by atoms with Crippen LogP contribution in [0.25, 0.3) is 0 Å². The van der Waals surface area contributed by atoms with Crippen molar-refractivity contribution in [3.63, 3.8) is 0 Å². The van der Waals surface area contributed by atoms with E-state index in [0.29, 0.717) is 6.54 Å². The van der Waals surface area contributed by atoms with Gasteiger partial charge in [0.15, 0.2) is 0 Å². The molecule has 0 N–H and O–H groups in total. The molecule has 0 aliphatic heterocycles. The average molecular weight is 233 g/mol. The molecule has 0 aromatic carbocycles. The molecule has 0 fully saturated rings. The number of carbonyl (C=O) groups excluding carboxylic acids is 1. The van der Waals surface area contributed by atoms with Gasteiger partial charge in [-0.2, -0.15) is 0 Å². The van der Waals surface area contributed by atoms with Crippen LogP contribution in [0.2, 0.25) is 0 Å². The van der Waals surface area contributed by atoms with Gasteiger partial charge >= 0.3 is 0 Å². The Kier molecular flexibility index (Phi) is 5.84. The Morgan fingerprint density at radius 2 is 2.13 bits per heavy atom. The first kappa shape index (κ1) is 14.4. The third kappa shape index (κ3) is 6.47. The summed E-state index contributed by atoms with van der Waals surface area (Å²) in [5.41, 5.74) is 0. The van der Waals surface area contributed by atoms with E-state index in [-0.39, 0.29) is 18.3 Å². The molecular weight excluding hydrogens is 213 g/mol. The van der Waals surface area contributed by atoms with Crippen molar-refractivity contribution in [3.05, 3.63) is 12.7 Å². The maximum atomic E-state index is 12.0. The fourth-order valence-corrected chi connectivity index (χ4v) is 3.12. The number of hydrogen-bond acceptors (Lipinski definition) is 3. The van der Waals surface area contributed by atoms with Crippen LogP contribution in [0.1, 0.15) is 20.8 Å². The summed E-state index contributed by atoms with van der Waals surface area (Å²) in [6, 6.07) is 0. The van der Waals surface area contributed by atoms with Gasteiger partial charge in [-0.15, -0.1) is 6.58 Å². The highest BCUT2D eigenvalue weighted by Crippen LogP contribution is 2.44. The highest BCUT2D eigenvalue weighted by Gasteiger charge is 2.22. The van der Waals surface area contributed by atoms with Crippen LogP contribution in [-0.2, 0) is 13.9 Å². The second-order valence-corrected chi connectivity index (χ2v) is 6.36. The molecule has 0 spiro atoms. The number of nitrogens with zero attached hydrogens (tertiary/aromatic N) is 1. The summed E-state index contributed by atoms with van der Waals surface area (Å²) in [6.07, 6.45) is 1.65. The lowest BCUT2D eigenvalue weighted by Crippen LogP contribution is -2.30. The minimum absolute atomic E-state index is 0.0987. The van der Waals surface area contributed by atoms with Crippen LogP contribution in [0.5, 0.6) is 0 Å². The third-order valence-corrected chi connectivity index (χ3v) is 3.38. The molecule has 0 saturated heterocycles. The Morgan fingerprint density at radius 1 is 1.60 bits per heavy atom. The summed E-state index contributed by atoms with van der Waals surface area (Å²) < 4.78 is 17.3. The maximum Gasteiger partial charge on any atom is 0.220 e. The fraction of sp³-hybridized carbons (Fsp3) is 0.700. The predicted octanol–water partition coefficient (Wildman–Crippen LogP) is 2.31. The minimum atomic E-state index is -2.73. The standard InChI is InChI=1S/C10H20NO3P/c1-6-7-11(10(4)12)8-15(5,13)14-9(2)3/h6,9H,1,7-8H2,2-5H3. The Labute approximate surface area is 91.7 Å². The minimum Gasteiger partial charge on any atom is -0.330 e. The molecule has 1 atom stereocenters. The van der Waals surface area contributed by atoms with Crippen molar-refractivity contribution in [1.82, 2.24) is 4.90 Å². The van der Waals surface area contributed by atoms with Gasteiger partial charge in [0.2, 0.25) is 13.3 Å². The lowest BCUT2D eigenvalue weighted by Gasteiger charge is -2.24. The first-order chi connectivity index (χ1) is 6.78. The van der Waals surface area contributed by atoms with Crippen LogP contribution in [-0.4, -0.2) is 36.4 Å². The number of carbonyl (C=O) groups is 1. The third-order valence-electron chi connectivity index (χ3n) is 1.66. The molecular formula is C10H20NO3P. The molecule has 5 heteroatoms. The Morgan fingerprint density at radius 3 is 2.47 bits per heavy atom. The molecule has 0 aromatic heterocycles. The summed E-state index contributed by atoms with van der Waals surface area (Å²) in [5, 5.41) is 0. The lowest BCUT2D eigenvalue weighted by atomic mass is 10.5. The van der Waals surface area contributed by atoms with E-state index in [0.717, 1.165) is 0 Å². The van der Waals surface area contributed by atoms with Crippen LogP contribution in [0.15, 0.2) is 12.7 Å². The van der Waals surface area contributed by atoms with Gasteiger partial charge in [0, 0.05) is 20.1 Å². The smallest absolute Gasteiger partial charge is 0.220 e. The van der Waals surface area contributed by atoms with Crippen molar-refractivity contribution in [2.75, 3.05) is 19.5 Å². The molecule has 0 aliphatic rings. The van der Waals surface area contributed by atoms with Gasteiger partial charge in [-0.3, -0.25) is 9.36 Å². The van der Waals surface area contributed by atoms with Gasteiger partial charge in [0.25, 0.3) is 0 Å². The zero-order valence-electron chi connectivity index (χ0n) is 9.90. The number of hydrogen-bond donors (Lipinski definition) is 0. The lowest BCUT2D eigenvalue weighted by molar-refractivity contribution is -0.127. The first-order valence-corrected chi connectivity index (χ1v) is 7.15. The van der Waals surface area contributed by atoms with Gasteiger partial charge in [-0.1, -0.05) is 6.08 Å². The van der Waals surface area contributed by atoms with E-state index in [1.54, 1.807) is 12.7 Å². The van der Waals surface area contributed by atoms with E-state index >= 15 is 0 Å². The van der Waals surface area contributed by atoms with Crippen LogP contribution < -0.4 is 0 Å². The normalized spacial score (nSPS) is 14.7. The molecule has 1 unspecified atom stereocenters. The van der Waals surface area contributed by atoms with Gasteiger partial charge in [0.05, 0.1) is 12.4 Å². The molecule has 1 amide bonds. The topological polar surface area (TPSA) is 46.6 Å². The van der Waals surface area contributed by atoms with Crippen LogP contribution in [0.3, 0.4) is 0 Å². The monoisotopic (exact) mass is 233 g/mol. The molecule has 0 aliphatic carbocycles. The van der Waals surface area contributed by atoms with Crippen LogP contribution in [0, 0.1) is 0 Å². The zero-order chi connectivity index (χ0) is 12.1. The largest absolute Gasteiger partial charge is 0.330 e. The summed E-state index contributed by atoms with van der Waals surface area (Å²) in [6.45, 7) is 10.6. The second kappa shape index (κ2) is 6.09. The van der Waals surface area contributed by atoms with E-state index in [2.05, 4.69) is 6.58 Å². The summed E-state index contributed by atoms with van der Waals surface area (Å²) >= 11 is 0. The van der Waals surface area contributed by atoms with E-state index in [9.17, 15) is 9.36 Å². The summed E-state index contributed by atoms with van der Waals surface area (Å²) in [5.74, 6) is -0.121. The maximum absolute atomic E-state index is 12.0. The first-order valence-electron chi connectivity index (χ1n) is 4.90.